The molecule has 6 nitrogen and oxygen atoms in total. The summed E-state index contributed by atoms with van der Waals surface area (Å²) in [5, 5.41) is 0. The molecule has 0 saturated heterocycles. The Hall–Kier alpha value is -3.15. The van der Waals surface area contributed by atoms with Crippen molar-refractivity contribution >= 4 is 23.2 Å². The van der Waals surface area contributed by atoms with Crippen molar-refractivity contribution in [2.45, 2.75) is 13.3 Å². The van der Waals surface area contributed by atoms with Crippen molar-refractivity contribution in [3.05, 3.63) is 47.0 Å². The number of carbonyl (C=O) groups excluding carboxylic acids is 1. The Morgan fingerprint density at radius 1 is 1.04 bits per heavy atom. The summed E-state index contributed by atoms with van der Waals surface area (Å²) in [5.41, 5.74) is 9.56. The first-order chi connectivity index (χ1) is 13.4. The molecule has 2 aromatic rings. The fourth-order valence-electron chi connectivity index (χ4n) is 3.00. The Kier molecular flexibility index (Phi) is 6.93. The number of allylic oxidation sites excluding steroid dienone is 1. The first-order valence-electron chi connectivity index (χ1n) is 8.98. The number of nitrogen functional groups attached to an aromatic ring is 1. The molecule has 0 heterocycles. The van der Waals surface area contributed by atoms with Gasteiger partial charge >= 0.3 is 0 Å². The van der Waals surface area contributed by atoms with E-state index in [-0.39, 0.29) is 5.78 Å². The molecular formula is C22H28N2O4. The van der Waals surface area contributed by atoms with E-state index >= 15 is 0 Å². The lowest BCUT2D eigenvalue weighted by Gasteiger charge is -2.16. The molecule has 0 radical (unpaired) electrons. The minimum atomic E-state index is -0.0618. The standard InChI is InChI=1S/C22H28N2O4/c1-7-15(21(25)16-8-9-18(24(2)3)17(23)13-16)10-14-11-19(26-4)22(28-6)20(12-14)27-5/h8-13H,7,23H2,1-6H3. The molecule has 2 aromatic carbocycles. The third-order valence-electron chi connectivity index (χ3n) is 4.47. The zero-order valence-electron chi connectivity index (χ0n) is 17.3. The number of nitrogens with zero attached hydrogens (tertiary/aromatic N) is 1. The number of ketones is 1. The number of hydrogen-bond acceptors (Lipinski definition) is 6. The second-order valence-corrected chi connectivity index (χ2v) is 6.48. The van der Waals surface area contributed by atoms with Crippen LogP contribution >= 0.6 is 0 Å². The number of anilines is 2. The normalized spacial score (nSPS) is 11.1. The van der Waals surface area contributed by atoms with Crippen LogP contribution in [0.2, 0.25) is 0 Å². The van der Waals surface area contributed by atoms with Crippen LogP contribution in [0.4, 0.5) is 11.4 Å². The largest absolute Gasteiger partial charge is 0.493 e. The van der Waals surface area contributed by atoms with Gasteiger partial charge in [0.1, 0.15) is 0 Å². The van der Waals surface area contributed by atoms with Crippen molar-refractivity contribution in [3.63, 3.8) is 0 Å². The van der Waals surface area contributed by atoms with Crippen molar-refractivity contribution in [3.8, 4) is 17.2 Å². The molecule has 0 aliphatic rings. The van der Waals surface area contributed by atoms with Crippen LogP contribution in [-0.2, 0) is 0 Å². The lowest BCUT2D eigenvalue weighted by molar-refractivity contribution is 0.103. The van der Waals surface area contributed by atoms with Crippen LogP contribution in [0.5, 0.6) is 17.2 Å². The number of ether oxygens (including phenoxy) is 3. The topological polar surface area (TPSA) is 74.0 Å². The van der Waals surface area contributed by atoms with Gasteiger partial charge in [-0.1, -0.05) is 6.92 Å². The van der Waals surface area contributed by atoms with Crippen molar-refractivity contribution in [1.29, 1.82) is 0 Å². The first-order valence-corrected chi connectivity index (χ1v) is 8.98. The summed E-state index contributed by atoms with van der Waals surface area (Å²) in [4.78, 5) is 14.9. The predicted octanol–water partition coefficient (Wildman–Crippen LogP) is 4.04. The van der Waals surface area contributed by atoms with Gasteiger partial charge in [0.2, 0.25) is 5.75 Å². The maximum Gasteiger partial charge on any atom is 0.203 e. The monoisotopic (exact) mass is 384 g/mol. The summed E-state index contributed by atoms with van der Waals surface area (Å²) in [5.74, 6) is 1.53. The van der Waals surface area contributed by atoms with E-state index in [1.54, 1.807) is 33.5 Å². The highest BCUT2D eigenvalue weighted by Gasteiger charge is 2.16. The quantitative estimate of drug-likeness (QED) is 0.421. The summed E-state index contributed by atoms with van der Waals surface area (Å²) in [6.07, 6.45) is 2.41. The van der Waals surface area contributed by atoms with Gasteiger partial charge in [0, 0.05) is 25.2 Å². The van der Waals surface area contributed by atoms with E-state index in [2.05, 4.69) is 0 Å². The molecular weight excluding hydrogens is 356 g/mol. The Bertz CT molecular complexity index is 863. The summed E-state index contributed by atoms with van der Waals surface area (Å²) < 4.78 is 16.1. The molecule has 0 fully saturated rings. The van der Waals surface area contributed by atoms with E-state index in [1.807, 2.05) is 50.2 Å². The third kappa shape index (κ3) is 4.39. The van der Waals surface area contributed by atoms with Gasteiger partial charge in [-0.25, -0.2) is 0 Å². The fraction of sp³-hybridized carbons (Fsp3) is 0.318. The minimum absolute atomic E-state index is 0.0618. The Morgan fingerprint density at radius 2 is 1.64 bits per heavy atom. The zero-order valence-corrected chi connectivity index (χ0v) is 17.3. The van der Waals surface area contributed by atoms with Crippen LogP contribution in [0.15, 0.2) is 35.9 Å². The molecule has 0 aliphatic carbocycles. The van der Waals surface area contributed by atoms with Gasteiger partial charge in [0.05, 0.1) is 32.7 Å². The number of rotatable bonds is 8. The molecule has 0 amide bonds. The second-order valence-electron chi connectivity index (χ2n) is 6.48. The summed E-state index contributed by atoms with van der Waals surface area (Å²) in [6, 6.07) is 9.00. The molecule has 0 unspecified atom stereocenters. The number of carbonyl (C=O) groups is 1. The van der Waals surface area contributed by atoms with Crippen LogP contribution in [0.1, 0.15) is 29.3 Å². The summed E-state index contributed by atoms with van der Waals surface area (Å²) >= 11 is 0. The van der Waals surface area contributed by atoms with Gasteiger partial charge in [0.25, 0.3) is 0 Å². The third-order valence-corrected chi connectivity index (χ3v) is 4.47. The van der Waals surface area contributed by atoms with Crippen molar-refractivity contribution < 1.29 is 19.0 Å². The van der Waals surface area contributed by atoms with Gasteiger partial charge in [-0.3, -0.25) is 4.79 Å². The van der Waals surface area contributed by atoms with Crippen molar-refractivity contribution in [1.82, 2.24) is 0 Å². The van der Waals surface area contributed by atoms with E-state index in [1.165, 1.54) is 0 Å². The molecule has 6 heteroatoms. The summed E-state index contributed by atoms with van der Waals surface area (Å²) in [6.45, 7) is 1.94. The van der Waals surface area contributed by atoms with Crippen LogP contribution in [0, 0.1) is 0 Å². The second kappa shape index (κ2) is 9.17. The minimum Gasteiger partial charge on any atom is -0.493 e. The van der Waals surface area contributed by atoms with Crippen molar-refractivity contribution in [2.75, 3.05) is 46.1 Å². The Balaban J connectivity index is 2.46. The highest BCUT2D eigenvalue weighted by molar-refractivity contribution is 6.12. The van der Waals surface area contributed by atoms with Crippen LogP contribution in [0.25, 0.3) is 6.08 Å². The van der Waals surface area contributed by atoms with Crippen molar-refractivity contribution in [2.24, 2.45) is 0 Å². The average molecular weight is 384 g/mol. The van der Waals surface area contributed by atoms with E-state index in [9.17, 15) is 4.79 Å². The molecule has 0 atom stereocenters. The molecule has 2 rings (SSSR count). The number of methoxy groups -OCH3 is 3. The fourth-order valence-corrected chi connectivity index (χ4v) is 3.00. The molecule has 0 aliphatic heterocycles. The molecule has 0 aromatic heterocycles. The molecule has 0 spiro atoms. The average Bonchev–Trinajstić information content (AvgIpc) is 2.70. The number of Topliss-reactive ketones (excluding diaryl/α,β-unsaturated/α-hetero) is 1. The molecule has 0 saturated carbocycles. The predicted molar refractivity (Wildman–Crippen MR) is 114 cm³/mol. The smallest absolute Gasteiger partial charge is 0.203 e. The van der Waals surface area contributed by atoms with E-state index in [0.717, 1.165) is 11.3 Å². The van der Waals surface area contributed by atoms with Gasteiger partial charge in [0.15, 0.2) is 17.3 Å². The summed E-state index contributed by atoms with van der Waals surface area (Å²) in [7, 11) is 8.50. The number of benzene rings is 2. The zero-order chi connectivity index (χ0) is 20.8. The highest BCUT2D eigenvalue weighted by Crippen LogP contribution is 2.39. The van der Waals surface area contributed by atoms with Gasteiger partial charge in [-0.05, 0) is 48.4 Å². The number of nitrogens with two attached hydrogens (primary N) is 1. The van der Waals surface area contributed by atoms with E-state index in [0.29, 0.717) is 40.5 Å². The lowest BCUT2D eigenvalue weighted by atomic mass is 9.98. The van der Waals surface area contributed by atoms with Crippen LogP contribution in [-0.4, -0.2) is 41.2 Å². The van der Waals surface area contributed by atoms with Crippen LogP contribution in [0.3, 0.4) is 0 Å². The molecule has 0 bridgehead atoms. The highest BCUT2D eigenvalue weighted by atomic mass is 16.5. The van der Waals surface area contributed by atoms with E-state index in [4.69, 9.17) is 19.9 Å². The maximum atomic E-state index is 13.0. The van der Waals surface area contributed by atoms with Gasteiger partial charge in [-0.2, -0.15) is 0 Å². The lowest BCUT2D eigenvalue weighted by Crippen LogP contribution is -2.12. The maximum absolute atomic E-state index is 13.0. The van der Waals surface area contributed by atoms with E-state index < -0.39 is 0 Å². The molecule has 150 valence electrons. The number of hydrogen-bond donors (Lipinski definition) is 1. The molecule has 2 N–H and O–H groups in total. The van der Waals surface area contributed by atoms with Crippen LogP contribution < -0.4 is 24.8 Å². The van der Waals surface area contributed by atoms with Gasteiger partial charge in [-0.15, -0.1) is 0 Å². The first kappa shape index (κ1) is 21.2. The molecule has 28 heavy (non-hydrogen) atoms. The van der Waals surface area contributed by atoms with Gasteiger partial charge < -0.3 is 24.8 Å². The SMILES string of the molecule is CCC(=Cc1cc(OC)c(OC)c(OC)c1)C(=O)c1ccc(N(C)C)c(N)c1. The Morgan fingerprint density at radius 3 is 2.07 bits per heavy atom. The Labute approximate surface area is 166 Å².